The Morgan fingerprint density at radius 1 is 1.09 bits per heavy atom. The molecule has 54 heavy (non-hydrogen) atoms. The minimum Gasteiger partial charge on any atom is -0.490 e. The first-order valence-electron chi connectivity index (χ1n) is 18.8. The second-order valence-corrected chi connectivity index (χ2v) is 17.5. The van der Waals surface area contributed by atoms with Crippen LogP contribution in [0.2, 0.25) is 5.02 Å². The zero-order valence-corrected chi connectivity index (χ0v) is 32.9. The second kappa shape index (κ2) is 15.7. The summed E-state index contributed by atoms with van der Waals surface area (Å²) in [6.45, 7) is 12.0. The van der Waals surface area contributed by atoms with Gasteiger partial charge in [0.15, 0.2) is 5.13 Å². The number of anilines is 1. The number of hydrogen-bond acceptors (Lipinski definition) is 12. The molecule has 4 heterocycles. The number of alkyl carbamates (subject to hydrolysis) is 1. The number of nitrogens with two attached hydrogens (primary N) is 1. The van der Waals surface area contributed by atoms with Gasteiger partial charge in [0, 0.05) is 35.8 Å². The molecule has 7 rings (SSSR count). The van der Waals surface area contributed by atoms with Gasteiger partial charge in [0.25, 0.3) is 0 Å². The highest BCUT2D eigenvalue weighted by atomic mass is 35.5. The monoisotopic (exact) mass is 783 g/mol. The Kier molecular flexibility index (Phi) is 11.1. The predicted molar refractivity (Wildman–Crippen MR) is 206 cm³/mol. The van der Waals surface area contributed by atoms with Gasteiger partial charge in [0.05, 0.1) is 37.0 Å². The smallest absolute Gasteiger partial charge is 0.408 e. The van der Waals surface area contributed by atoms with E-state index < -0.39 is 41.5 Å². The Bertz CT molecular complexity index is 1870. The maximum Gasteiger partial charge on any atom is 0.408 e. The van der Waals surface area contributed by atoms with Crippen LogP contribution >= 0.6 is 22.9 Å². The van der Waals surface area contributed by atoms with Crippen LogP contribution in [0.15, 0.2) is 23.6 Å². The van der Waals surface area contributed by atoms with E-state index in [4.69, 9.17) is 46.3 Å². The summed E-state index contributed by atoms with van der Waals surface area (Å²) < 4.78 is 24.1. The molecule has 3 aromatic rings. The van der Waals surface area contributed by atoms with Gasteiger partial charge in [0.1, 0.15) is 53.1 Å². The highest BCUT2D eigenvalue weighted by molar-refractivity contribution is 7.14. The molecule has 0 radical (unpaired) electrons. The molecule has 2 saturated carbocycles. The van der Waals surface area contributed by atoms with E-state index in [0.717, 1.165) is 24.5 Å². The third kappa shape index (κ3) is 8.64. The molecule has 2 unspecified atom stereocenters. The van der Waals surface area contributed by atoms with E-state index in [1.54, 1.807) is 12.1 Å². The number of amides is 3. The number of nitrogens with one attached hydrogen (secondary N) is 3. The van der Waals surface area contributed by atoms with Crippen molar-refractivity contribution < 1.29 is 33.3 Å². The lowest BCUT2D eigenvalue weighted by Gasteiger charge is -2.35. The van der Waals surface area contributed by atoms with Crippen LogP contribution in [0.3, 0.4) is 0 Å². The van der Waals surface area contributed by atoms with Crippen LogP contribution in [0.25, 0.3) is 22.3 Å². The first-order chi connectivity index (χ1) is 25.7. The highest BCUT2D eigenvalue weighted by Gasteiger charge is 2.48. The molecule has 2 saturated heterocycles. The summed E-state index contributed by atoms with van der Waals surface area (Å²) >= 11 is 8.47. The third-order valence-electron chi connectivity index (χ3n) is 10.5. The Balaban J connectivity index is 1.14. The third-order valence-corrected chi connectivity index (χ3v) is 11.6. The Morgan fingerprint density at radius 3 is 2.56 bits per heavy atom. The van der Waals surface area contributed by atoms with Crippen molar-refractivity contribution in [2.75, 3.05) is 38.2 Å². The van der Waals surface area contributed by atoms with E-state index in [-0.39, 0.29) is 31.2 Å². The molecular weight excluding hydrogens is 734 g/mol. The minimum absolute atomic E-state index is 0.0216. The van der Waals surface area contributed by atoms with Crippen molar-refractivity contribution in [2.24, 2.45) is 23.0 Å². The number of carbonyl (C=O) groups is 3. The molecule has 4 aliphatic rings. The van der Waals surface area contributed by atoms with E-state index in [1.165, 1.54) is 22.7 Å². The number of ether oxygens (including phenoxy) is 4. The van der Waals surface area contributed by atoms with Crippen molar-refractivity contribution in [3.8, 4) is 22.9 Å². The fraction of sp³-hybridized carbons (Fsp3) is 0.605. The average molecular weight is 784 g/mol. The van der Waals surface area contributed by atoms with E-state index in [0.29, 0.717) is 70.5 Å². The van der Waals surface area contributed by atoms with Crippen molar-refractivity contribution >= 4 is 56.9 Å². The topological polar surface area (TPSA) is 179 Å². The molecule has 1 aromatic carbocycles. The van der Waals surface area contributed by atoms with Crippen LogP contribution in [-0.2, 0) is 19.1 Å². The van der Waals surface area contributed by atoms with Crippen LogP contribution in [0, 0.1) is 17.3 Å². The van der Waals surface area contributed by atoms with Crippen LogP contribution < -0.4 is 31.2 Å². The van der Waals surface area contributed by atoms with Crippen LogP contribution in [0.5, 0.6) is 11.5 Å². The first kappa shape index (κ1) is 38.4. The predicted octanol–water partition coefficient (Wildman–Crippen LogP) is 4.97. The van der Waals surface area contributed by atoms with Gasteiger partial charge >= 0.3 is 6.09 Å². The summed E-state index contributed by atoms with van der Waals surface area (Å²) in [5, 5.41) is 13.1. The number of nitrogens with zero attached hydrogens (tertiary/aromatic N) is 3. The van der Waals surface area contributed by atoms with Gasteiger partial charge in [-0.2, -0.15) is 0 Å². The fourth-order valence-electron chi connectivity index (χ4n) is 7.62. The number of benzene rings is 1. The van der Waals surface area contributed by atoms with E-state index >= 15 is 0 Å². The van der Waals surface area contributed by atoms with Crippen molar-refractivity contribution in [3.63, 3.8) is 0 Å². The summed E-state index contributed by atoms with van der Waals surface area (Å²) in [5.41, 5.74) is 6.81. The van der Waals surface area contributed by atoms with E-state index in [1.807, 2.05) is 46.1 Å². The summed E-state index contributed by atoms with van der Waals surface area (Å²) in [6.07, 6.45) is 1.67. The normalized spacial score (nSPS) is 25.6. The lowest BCUT2D eigenvalue weighted by Crippen LogP contribution is -2.57. The van der Waals surface area contributed by atoms with Crippen LogP contribution in [0.4, 0.5) is 9.93 Å². The van der Waals surface area contributed by atoms with E-state index in [2.05, 4.69) is 16.0 Å². The molecule has 5 N–H and O–H groups in total. The number of carbonyl (C=O) groups excluding carboxylic acids is 3. The molecule has 7 atom stereocenters. The second-order valence-electron chi connectivity index (χ2n) is 16.2. The number of morpholine rings is 1. The zero-order valence-electron chi connectivity index (χ0n) is 31.4. The molecule has 292 valence electrons. The van der Waals surface area contributed by atoms with Crippen LogP contribution in [-0.4, -0.2) is 102 Å². The molecule has 2 aliphatic heterocycles. The maximum atomic E-state index is 14.3. The van der Waals surface area contributed by atoms with Gasteiger partial charge < -0.3 is 45.5 Å². The van der Waals surface area contributed by atoms with Gasteiger partial charge in [-0.25, -0.2) is 14.8 Å². The molecule has 2 aromatic heterocycles. The van der Waals surface area contributed by atoms with Gasteiger partial charge in [-0.1, -0.05) is 32.4 Å². The molecule has 16 heteroatoms. The summed E-state index contributed by atoms with van der Waals surface area (Å²) in [7, 11) is 0. The average Bonchev–Trinajstić information content (AvgIpc) is 3.45. The molecule has 3 amide bonds. The molecule has 0 bridgehead atoms. The largest absolute Gasteiger partial charge is 0.490 e. The Hall–Kier alpha value is -3.92. The van der Waals surface area contributed by atoms with Gasteiger partial charge in [-0.3, -0.25) is 9.59 Å². The number of pyridine rings is 1. The zero-order chi connectivity index (χ0) is 38.3. The number of rotatable bonds is 12. The van der Waals surface area contributed by atoms with Gasteiger partial charge in [-0.15, -0.1) is 11.3 Å². The number of hydrogen-bond donors (Lipinski definition) is 4. The molecule has 0 spiro atoms. The minimum atomic E-state index is -0.971. The number of primary amides is 1. The fourth-order valence-corrected chi connectivity index (χ4v) is 8.73. The first-order valence-corrected chi connectivity index (χ1v) is 20.0. The van der Waals surface area contributed by atoms with Crippen molar-refractivity contribution in [2.45, 2.75) is 96.7 Å². The SMILES string of the molecule is CC(C)Nc1nc(-c2cc(OC3C[C@@H](C(N)=O)N(C(=O)[C@@H](NC(=O)OC4C[C@@H]5C[C@@H]5C4)C(C)(C)C)C3)c3ccc(OC[C@H]4COCCN4)c(Cl)c3n2)cs1. The van der Waals surface area contributed by atoms with Crippen molar-refractivity contribution in [1.82, 2.24) is 25.5 Å². The van der Waals surface area contributed by atoms with Crippen molar-refractivity contribution in [3.05, 3.63) is 28.6 Å². The standard InChI is InChI=1S/C38H50ClN7O7S/c1-19(2)42-36-44-27(18-54-36)26-14-30(25-6-7-29(31(39)32(25)43-26)51-17-22-16-50-9-8-41-22)52-24-13-28(34(40)47)46(15-24)35(48)33(38(3,4)5)45-37(49)53-23-11-20-10-21(20)12-23/h6-7,14,18-24,28,33,41H,8-13,15-17H2,1-5H3,(H2,40,47)(H,42,44)(H,45,49)/t20-,21+,22-,23?,24?,28+,33-/m1/s1. The number of thiazole rings is 1. The summed E-state index contributed by atoms with van der Waals surface area (Å²) in [6, 6.07) is 3.69. The lowest BCUT2D eigenvalue weighted by atomic mass is 9.85. The number of aromatic nitrogens is 2. The Morgan fingerprint density at radius 2 is 1.87 bits per heavy atom. The number of fused-ring (bicyclic) bond motifs is 2. The number of halogens is 1. The van der Waals surface area contributed by atoms with Gasteiger partial charge in [-0.05, 0) is 62.5 Å². The summed E-state index contributed by atoms with van der Waals surface area (Å²) in [5.74, 6) is 1.10. The highest BCUT2D eigenvalue weighted by Crippen LogP contribution is 2.52. The molecule has 14 nitrogen and oxygen atoms in total. The molecule has 4 fully saturated rings. The van der Waals surface area contributed by atoms with E-state index in [9.17, 15) is 14.4 Å². The maximum absolute atomic E-state index is 14.3. The molecule has 2 aliphatic carbocycles. The van der Waals surface area contributed by atoms with Crippen LogP contribution in [0.1, 0.15) is 60.3 Å². The van der Waals surface area contributed by atoms with Gasteiger partial charge in [0.2, 0.25) is 11.8 Å². The Labute approximate surface area is 324 Å². The lowest BCUT2D eigenvalue weighted by molar-refractivity contribution is -0.141. The molecular formula is C38H50ClN7O7S. The number of likely N-dealkylation sites (tertiary alicyclic amines) is 1. The summed E-state index contributed by atoms with van der Waals surface area (Å²) in [4.78, 5) is 51.3. The van der Waals surface area contributed by atoms with Crippen molar-refractivity contribution in [1.29, 1.82) is 0 Å². The quantitative estimate of drug-likeness (QED) is 0.195.